The van der Waals surface area contributed by atoms with Gasteiger partial charge in [-0.05, 0) is 110 Å². The molecular formula is C25H42O2. The van der Waals surface area contributed by atoms with E-state index in [4.69, 9.17) is 5.11 Å². The summed E-state index contributed by atoms with van der Waals surface area (Å²) >= 11 is 0. The van der Waals surface area contributed by atoms with Crippen LogP contribution in [0, 0.1) is 52.3 Å². The number of carboxylic acids is 1. The topological polar surface area (TPSA) is 37.3 Å². The lowest BCUT2D eigenvalue weighted by Gasteiger charge is -2.61. The fraction of sp³-hybridized carbons (Fsp3) is 0.960. The van der Waals surface area contributed by atoms with E-state index in [1.807, 2.05) is 0 Å². The van der Waals surface area contributed by atoms with Crippen molar-refractivity contribution >= 4 is 5.97 Å². The van der Waals surface area contributed by atoms with E-state index in [1.165, 1.54) is 57.8 Å². The van der Waals surface area contributed by atoms with Gasteiger partial charge in [0.05, 0.1) is 0 Å². The fourth-order valence-electron chi connectivity index (χ4n) is 9.00. The molecule has 0 aliphatic heterocycles. The minimum absolute atomic E-state index is 0.350. The molecular weight excluding hydrogens is 332 g/mol. The van der Waals surface area contributed by atoms with Gasteiger partial charge in [-0.25, -0.2) is 0 Å². The Balaban J connectivity index is 1.51. The monoisotopic (exact) mass is 374 g/mol. The lowest BCUT2D eigenvalue weighted by atomic mass is 9.44. The molecule has 9 atom stereocenters. The minimum Gasteiger partial charge on any atom is -0.481 e. The third-order valence-electron chi connectivity index (χ3n) is 10.5. The van der Waals surface area contributed by atoms with E-state index >= 15 is 0 Å². The highest BCUT2D eigenvalue weighted by atomic mass is 16.4. The van der Waals surface area contributed by atoms with Gasteiger partial charge < -0.3 is 5.11 Å². The Morgan fingerprint density at radius 1 is 1.00 bits per heavy atom. The van der Waals surface area contributed by atoms with Crippen LogP contribution in [0.5, 0.6) is 0 Å². The summed E-state index contributed by atoms with van der Waals surface area (Å²) in [5, 5.41) is 9.11. The van der Waals surface area contributed by atoms with E-state index in [9.17, 15) is 4.79 Å². The third-order valence-corrected chi connectivity index (χ3v) is 10.5. The summed E-state index contributed by atoms with van der Waals surface area (Å²) in [7, 11) is 0. The van der Waals surface area contributed by atoms with E-state index in [0.717, 1.165) is 41.9 Å². The maximum absolute atomic E-state index is 11.1. The highest BCUT2D eigenvalue weighted by Crippen LogP contribution is 2.68. The molecule has 0 aromatic rings. The van der Waals surface area contributed by atoms with E-state index in [0.29, 0.717) is 23.2 Å². The number of aliphatic carboxylic acids is 1. The Hall–Kier alpha value is -0.530. The fourth-order valence-corrected chi connectivity index (χ4v) is 9.00. The Bertz CT molecular complexity index is 571. The molecule has 0 radical (unpaired) electrons. The van der Waals surface area contributed by atoms with Crippen LogP contribution in [0.4, 0.5) is 0 Å². The van der Waals surface area contributed by atoms with Crippen LogP contribution in [-0.2, 0) is 4.79 Å². The second-order valence-electron chi connectivity index (χ2n) is 11.7. The predicted molar refractivity (Wildman–Crippen MR) is 110 cm³/mol. The second kappa shape index (κ2) is 7.06. The van der Waals surface area contributed by atoms with Gasteiger partial charge >= 0.3 is 5.97 Å². The predicted octanol–water partition coefficient (Wildman–Crippen LogP) is 6.78. The summed E-state index contributed by atoms with van der Waals surface area (Å²) < 4.78 is 0. The van der Waals surface area contributed by atoms with Crippen LogP contribution in [-0.4, -0.2) is 11.1 Å². The van der Waals surface area contributed by atoms with Gasteiger partial charge in [0.15, 0.2) is 0 Å². The van der Waals surface area contributed by atoms with Crippen molar-refractivity contribution in [3.8, 4) is 0 Å². The minimum atomic E-state index is -0.622. The summed E-state index contributed by atoms with van der Waals surface area (Å²) in [6.45, 7) is 10.1. The Morgan fingerprint density at radius 3 is 2.44 bits per heavy atom. The van der Waals surface area contributed by atoms with Crippen molar-refractivity contribution in [2.24, 2.45) is 52.3 Å². The lowest BCUT2D eigenvalue weighted by molar-refractivity contribution is -0.137. The molecule has 4 aliphatic rings. The van der Waals surface area contributed by atoms with Gasteiger partial charge in [-0.15, -0.1) is 0 Å². The first-order chi connectivity index (χ1) is 12.8. The molecule has 4 rings (SSSR count). The number of carboxylic acid groups (broad SMARTS) is 1. The average molecular weight is 375 g/mol. The molecule has 2 heteroatoms. The van der Waals surface area contributed by atoms with Crippen molar-refractivity contribution in [2.45, 2.75) is 98.3 Å². The van der Waals surface area contributed by atoms with E-state index in [-0.39, 0.29) is 0 Å². The number of hydrogen-bond donors (Lipinski definition) is 1. The summed E-state index contributed by atoms with van der Waals surface area (Å²) in [5.41, 5.74) is 1.09. The van der Waals surface area contributed by atoms with Crippen molar-refractivity contribution in [1.29, 1.82) is 0 Å². The number of carbonyl (C=O) groups is 1. The van der Waals surface area contributed by atoms with Crippen LogP contribution in [0.1, 0.15) is 98.3 Å². The molecule has 154 valence electrons. The molecule has 4 aliphatic carbocycles. The first-order valence-corrected chi connectivity index (χ1v) is 12.0. The van der Waals surface area contributed by atoms with Crippen molar-refractivity contribution < 1.29 is 9.90 Å². The quantitative estimate of drug-likeness (QED) is 0.588. The second-order valence-corrected chi connectivity index (χ2v) is 11.7. The van der Waals surface area contributed by atoms with Gasteiger partial charge in [0.2, 0.25) is 0 Å². The maximum Gasteiger partial charge on any atom is 0.303 e. The summed E-state index contributed by atoms with van der Waals surface area (Å²) in [6.07, 6.45) is 14.2. The molecule has 0 bridgehead atoms. The highest BCUT2D eigenvalue weighted by Gasteiger charge is 2.60. The third kappa shape index (κ3) is 3.18. The largest absolute Gasteiger partial charge is 0.481 e. The molecule has 4 saturated carbocycles. The molecule has 0 saturated heterocycles. The molecule has 0 heterocycles. The number of rotatable bonds is 4. The van der Waals surface area contributed by atoms with Crippen LogP contribution >= 0.6 is 0 Å². The molecule has 0 aromatic heterocycles. The Labute approximate surface area is 166 Å². The zero-order chi connectivity index (χ0) is 19.4. The molecule has 27 heavy (non-hydrogen) atoms. The highest BCUT2D eigenvalue weighted by molar-refractivity contribution is 5.66. The van der Waals surface area contributed by atoms with Gasteiger partial charge in [-0.2, -0.15) is 0 Å². The molecule has 3 unspecified atom stereocenters. The summed E-state index contributed by atoms with van der Waals surface area (Å²) in [5.74, 6) is 5.45. The van der Waals surface area contributed by atoms with Gasteiger partial charge in [-0.1, -0.05) is 34.1 Å². The molecule has 0 aromatic carbocycles. The molecule has 0 spiro atoms. The van der Waals surface area contributed by atoms with Crippen LogP contribution in [0.25, 0.3) is 0 Å². The zero-order valence-corrected chi connectivity index (χ0v) is 18.2. The van der Waals surface area contributed by atoms with Gasteiger partial charge in [0, 0.05) is 6.42 Å². The lowest BCUT2D eigenvalue weighted by Crippen LogP contribution is -2.53. The van der Waals surface area contributed by atoms with Gasteiger partial charge in [0.25, 0.3) is 0 Å². The molecule has 2 nitrogen and oxygen atoms in total. The molecule has 0 amide bonds. The van der Waals surface area contributed by atoms with Crippen LogP contribution in [0.15, 0.2) is 0 Å². The number of fused-ring (bicyclic) bond motifs is 5. The van der Waals surface area contributed by atoms with Crippen LogP contribution < -0.4 is 0 Å². The Morgan fingerprint density at radius 2 is 1.70 bits per heavy atom. The summed E-state index contributed by atoms with van der Waals surface area (Å²) in [6, 6.07) is 0. The normalized spacial score (nSPS) is 50.4. The van der Waals surface area contributed by atoms with E-state index in [1.54, 1.807) is 0 Å². The SMILES string of the molecule is C[C@@H]1CC[C@]2(C)C3CC[C@@]4(C)C(CC[C@@H]4[C@H](C)CCC(=O)O)C3CC[C@@H]2C1. The van der Waals surface area contributed by atoms with Gasteiger partial charge in [0.1, 0.15) is 0 Å². The van der Waals surface area contributed by atoms with E-state index in [2.05, 4.69) is 27.7 Å². The van der Waals surface area contributed by atoms with Crippen LogP contribution in [0.2, 0.25) is 0 Å². The average Bonchev–Trinajstić information content (AvgIpc) is 2.97. The van der Waals surface area contributed by atoms with Crippen molar-refractivity contribution in [2.75, 3.05) is 0 Å². The smallest absolute Gasteiger partial charge is 0.303 e. The zero-order valence-electron chi connectivity index (χ0n) is 18.2. The van der Waals surface area contributed by atoms with Crippen molar-refractivity contribution in [3.63, 3.8) is 0 Å². The maximum atomic E-state index is 11.1. The number of hydrogen-bond acceptors (Lipinski definition) is 1. The standard InChI is InChI=1S/C25H42O2/c1-16-11-13-24(3)18(15-16)6-7-19-21-9-8-20(17(2)5-10-23(26)27)25(21,4)14-12-22(19)24/h16-22H,5-15H2,1-4H3,(H,26,27)/t16-,17-,18-,19?,20-,21?,22?,24+,25-/m1/s1. The van der Waals surface area contributed by atoms with E-state index < -0.39 is 5.97 Å². The van der Waals surface area contributed by atoms with Crippen LogP contribution in [0.3, 0.4) is 0 Å². The first-order valence-electron chi connectivity index (χ1n) is 12.0. The summed E-state index contributed by atoms with van der Waals surface area (Å²) in [4.78, 5) is 11.1. The van der Waals surface area contributed by atoms with Crippen molar-refractivity contribution in [3.05, 3.63) is 0 Å². The first kappa shape index (κ1) is 19.8. The molecule has 1 N–H and O–H groups in total. The van der Waals surface area contributed by atoms with Crippen molar-refractivity contribution in [1.82, 2.24) is 0 Å². The van der Waals surface area contributed by atoms with Gasteiger partial charge in [-0.3, -0.25) is 4.79 Å². The molecule has 4 fully saturated rings. The Kier molecular flexibility index (Phi) is 5.17.